The fourth-order valence-corrected chi connectivity index (χ4v) is 5.60. The van der Waals surface area contributed by atoms with Crippen molar-refractivity contribution in [3.63, 3.8) is 0 Å². The summed E-state index contributed by atoms with van der Waals surface area (Å²) in [4.78, 5) is 15.8. The molecule has 6 nitrogen and oxygen atoms in total. The summed E-state index contributed by atoms with van der Waals surface area (Å²) in [6.45, 7) is 2.56. The number of alkyl halides is 2. The molecule has 3 rings (SSSR count). The molecule has 1 amide bonds. The number of carbonyl (C=O) groups is 1. The van der Waals surface area contributed by atoms with Crippen molar-refractivity contribution in [3.8, 4) is 0 Å². The lowest BCUT2D eigenvalue weighted by molar-refractivity contribution is 0.0954. The van der Waals surface area contributed by atoms with Crippen molar-refractivity contribution in [1.82, 2.24) is 14.6 Å². The third-order valence-corrected chi connectivity index (χ3v) is 7.42. The molecule has 0 aliphatic heterocycles. The van der Waals surface area contributed by atoms with Gasteiger partial charge in [0.05, 0.1) is 4.90 Å². The number of nitrogens with one attached hydrogen (secondary N) is 2. The Morgan fingerprint density at radius 2 is 1.75 bits per heavy atom. The zero-order chi connectivity index (χ0) is 23.3. The quantitative estimate of drug-likeness (QED) is 0.412. The van der Waals surface area contributed by atoms with Gasteiger partial charge in [-0.2, -0.15) is 4.31 Å². The Kier molecular flexibility index (Phi) is 8.16. The molecular weight excluding hydrogens is 476 g/mol. The molecule has 2 aromatic carbocycles. The van der Waals surface area contributed by atoms with Crippen molar-refractivity contribution in [2.75, 3.05) is 31.4 Å². The van der Waals surface area contributed by atoms with Crippen LogP contribution in [0, 0.1) is 12.7 Å². The number of nitrogens with zero attached hydrogens (tertiary/aromatic N) is 1. The minimum absolute atomic E-state index is 0.0701. The van der Waals surface area contributed by atoms with E-state index < -0.39 is 10.0 Å². The first kappa shape index (κ1) is 24.5. The highest BCUT2D eigenvalue weighted by Gasteiger charge is 2.23. The van der Waals surface area contributed by atoms with E-state index in [1.54, 1.807) is 6.07 Å². The molecule has 1 heterocycles. The number of fused-ring (bicyclic) bond motifs is 1. The number of sulfonamides is 1. The van der Waals surface area contributed by atoms with Gasteiger partial charge in [-0.1, -0.05) is 0 Å². The summed E-state index contributed by atoms with van der Waals surface area (Å²) in [6, 6.07) is 10.3. The van der Waals surface area contributed by atoms with Crippen LogP contribution in [0.25, 0.3) is 10.9 Å². The maximum Gasteiger partial charge on any atom is 0.251 e. The molecule has 0 unspecified atom stereocenters. The number of aryl methyl sites for hydroxylation is 1. The second-order valence-electron chi connectivity index (χ2n) is 7.23. The number of H-pyrrole nitrogens is 1. The highest BCUT2D eigenvalue weighted by Crippen LogP contribution is 2.23. The van der Waals surface area contributed by atoms with Gasteiger partial charge in [-0.05, 0) is 61.4 Å². The van der Waals surface area contributed by atoms with Crippen LogP contribution < -0.4 is 5.32 Å². The van der Waals surface area contributed by atoms with E-state index in [-0.39, 0.29) is 41.5 Å². The molecule has 0 saturated carbocycles. The SMILES string of the molecule is Cc1[nH]c2ccc(F)cc2c1CCNC(=O)c1ccc(S(=O)(=O)N(CCCl)CCCl)cc1. The second-order valence-corrected chi connectivity index (χ2v) is 9.92. The van der Waals surface area contributed by atoms with Crippen molar-refractivity contribution in [3.05, 3.63) is 65.1 Å². The largest absolute Gasteiger partial charge is 0.358 e. The van der Waals surface area contributed by atoms with Gasteiger partial charge >= 0.3 is 0 Å². The Balaban J connectivity index is 1.65. The summed E-state index contributed by atoms with van der Waals surface area (Å²) in [6.07, 6.45) is 0.527. The first-order valence-electron chi connectivity index (χ1n) is 10.0. The van der Waals surface area contributed by atoms with Gasteiger partial charge in [0.2, 0.25) is 10.0 Å². The molecule has 1 aromatic heterocycles. The molecule has 3 aromatic rings. The van der Waals surface area contributed by atoms with Crippen molar-refractivity contribution < 1.29 is 17.6 Å². The zero-order valence-electron chi connectivity index (χ0n) is 17.5. The molecule has 0 radical (unpaired) electrons. The van der Waals surface area contributed by atoms with Crippen LogP contribution in [0.3, 0.4) is 0 Å². The van der Waals surface area contributed by atoms with Crippen LogP contribution in [0.2, 0.25) is 0 Å². The van der Waals surface area contributed by atoms with Crippen LogP contribution >= 0.6 is 23.2 Å². The number of hydrogen-bond donors (Lipinski definition) is 2. The summed E-state index contributed by atoms with van der Waals surface area (Å²) >= 11 is 11.4. The van der Waals surface area contributed by atoms with E-state index in [9.17, 15) is 17.6 Å². The Labute approximate surface area is 196 Å². The third-order valence-electron chi connectivity index (χ3n) is 5.16. The van der Waals surface area contributed by atoms with E-state index in [0.717, 1.165) is 22.2 Å². The van der Waals surface area contributed by atoms with Crippen LogP contribution in [-0.4, -0.2) is 55.0 Å². The van der Waals surface area contributed by atoms with Gasteiger partial charge in [0.25, 0.3) is 5.91 Å². The van der Waals surface area contributed by atoms with Crippen molar-refractivity contribution in [2.24, 2.45) is 0 Å². The zero-order valence-corrected chi connectivity index (χ0v) is 19.8. The number of rotatable bonds is 10. The summed E-state index contributed by atoms with van der Waals surface area (Å²) in [5.74, 6) is -0.332. The Morgan fingerprint density at radius 1 is 1.09 bits per heavy atom. The van der Waals surface area contributed by atoms with E-state index in [1.807, 2.05) is 6.92 Å². The summed E-state index contributed by atoms with van der Waals surface area (Å²) in [7, 11) is -3.74. The van der Waals surface area contributed by atoms with E-state index in [0.29, 0.717) is 18.5 Å². The number of halogens is 3. The lowest BCUT2D eigenvalue weighted by Crippen LogP contribution is -2.34. The molecule has 0 fully saturated rings. The summed E-state index contributed by atoms with van der Waals surface area (Å²) < 4.78 is 40.3. The number of amides is 1. The fraction of sp³-hybridized carbons (Fsp3) is 0.318. The molecule has 0 spiro atoms. The first-order chi connectivity index (χ1) is 15.3. The van der Waals surface area contributed by atoms with Gasteiger partial charge < -0.3 is 10.3 Å². The Morgan fingerprint density at radius 3 is 2.38 bits per heavy atom. The minimum atomic E-state index is -3.74. The predicted octanol–water partition coefficient (Wildman–Crippen LogP) is 4.06. The third kappa shape index (κ3) is 5.43. The monoisotopic (exact) mass is 499 g/mol. The van der Waals surface area contributed by atoms with Crippen molar-refractivity contribution >= 4 is 50.0 Å². The number of hydrogen-bond acceptors (Lipinski definition) is 3. The minimum Gasteiger partial charge on any atom is -0.358 e. The van der Waals surface area contributed by atoms with Crippen molar-refractivity contribution in [2.45, 2.75) is 18.2 Å². The van der Waals surface area contributed by atoms with Gasteiger partial charge in [0.1, 0.15) is 5.82 Å². The maximum absolute atomic E-state index is 13.6. The molecule has 2 N–H and O–H groups in total. The van der Waals surface area contributed by atoms with Crippen LogP contribution in [-0.2, 0) is 16.4 Å². The highest BCUT2D eigenvalue weighted by molar-refractivity contribution is 7.89. The summed E-state index contributed by atoms with van der Waals surface area (Å²) in [5.41, 5.74) is 3.05. The normalized spacial score (nSPS) is 11.9. The lowest BCUT2D eigenvalue weighted by Gasteiger charge is -2.20. The van der Waals surface area contributed by atoms with Gasteiger partial charge in [0.15, 0.2) is 0 Å². The van der Waals surface area contributed by atoms with Gasteiger partial charge in [-0.15, -0.1) is 23.2 Å². The van der Waals surface area contributed by atoms with Gasteiger partial charge in [-0.25, -0.2) is 12.8 Å². The maximum atomic E-state index is 13.6. The second kappa shape index (κ2) is 10.7. The standard InChI is InChI=1S/C22H24Cl2FN3O3S/c1-15-19(20-14-17(25)4-7-21(20)27-15)8-11-26-22(29)16-2-5-18(6-3-16)32(30,31)28(12-9-23)13-10-24/h2-7,14,27H,8-13H2,1H3,(H,26,29). The molecule has 0 aliphatic rings. The smallest absolute Gasteiger partial charge is 0.251 e. The van der Waals surface area contributed by atoms with Crippen LogP contribution in [0.4, 0.5) is 4.39 Å². The van der Waals surface area contributed by atoms with E-state index in [1.165, 1.54) is 40.7 Å². The highest BCUT2D eigenvalue weighted by atomic mass is 35.5. The molecule has 0 atom stereocenters. The average Bonchev–Trinajstić information content (AvgIpc) is 3.08. The lowest BCUT2D eigenvalue weighted by atomic mass is 10.1. The van der Waals surface area contributed by atoms with Crippen molar-refractivity contribution in [1.29, 1.82) is 0 Å². The first-order valence-corrected chi connectivity index (χ1v) is 12.6. The fourth-order valence-electron chi connectivity index (χ4n) is 3.55. The van der Waals surface area contributed by atoms with Crippen LogP contribution in [0.15, 0.2) is 47.4 Å². The van der Waals surface area contributed by atoms with E-state index in [2.05, 4.69) is 10.3 Å². The topological polar surface area (TPSA) is 82.3 Å². The Bertz CT molecular complexity index is 1190. The Hall–Kier alpha value is -2.13. The van der Waals surface area contributed by atoms with Gasteiger partial charge in [-0.3, -0.25) is 4.79 Å². The number of carbonyl (C=O) groups excluding carboxylic acids is 1. The van der Waals surface area contributed by atoms with E-state index >= 15 is 0 Å². The molecule has 172 valence electrons. The van der Waals surface area contributed by atoms with E-state index in [4.69, 9.17) is 23.2 Å². The van der Waals surface area contributed by atoms with Gasteiger partial charge in [0, 0.05) is 53.6 Å². The van der Waals surface area contributed by atoms with Crippen LogP contribution in [0.1, 0.15) is 21.6 Å². The molecular formula is C22H24Cl2FN3O3S. The molecule has 0 bridgehead atoms. The molecule has 0 saturated heterocycles. The average molecular weight is 500 g/mol. The molecule has 0 aliphatic carbocycles. The van der Waals surface area contributed by atoms with Crippen LogP contribution in [0.5, 0.6) is 0 Å². The number of aromatic nitrogens is 1. The predicted molar refractivity (Wildman–Crippen MR) is 126 cm³/mol. The molecule has 32 heavy (non-hydrogen) atoms. The number of aromatic amines is 1. The number of benzene rings is 2. The molecule has 10 heteroatoms. The summed E-state index contributed by atoms with van der Waals surface area (Å²) in [5, 5.41) is 3.62.